The minimum absolute atomic E-state index is 0.0361. The molecule has 23 heavy (non-hydrogen) atoms. The molecule has 0 saturated carbocycles. The predicted octanol–water partition coefficient (Wildman–Crippen LogP) is 0.900. The highest BCUT2D eigenvalue weighted by Gasteiger charge is 2.11. The largest absolute Gasteiger partial charge is 0.383 e. The summed E-state index contributed by atoms with van der Waals surface area (Å²) in [6, 6.07) is 2.06. The first kappa shape index (κ1) is 19.5. The van der Waals surface area contributed by atoms with E-state index in [2.05, 4.69) is 36.9 Å². The Morgan fingerprint density at radius 2 is 2.13 bits per heavy atom. The van der Waals surface area contributed by atoms with Gasteiger partial charge in [0.15, 0.2) is 5.96 Å². The molecule has 0 unspecified atom stereocenters. The maximum Gasteiger partial charge on any atom is 0.243 e. The van der Waals surface area contributed by atoms with Gasteiger partial charge < -0.3 is 24.4 Å². The number of hydrogen-bond acceptors (Lipinski definition) is 3. The number of nitrogens with zero attached hydrogens (tertiary/aromatic N) is 4. The standard InChI is InChI=1S/C15H26BrN5O2/c1-19(2)14(22)9-18-15(17-6-7-23-5)21(4)11-13-8-12(16)10-20(13)3/h8,10H,6-7,9,11H2,1-5H3,(H,17,18). The third-order valence-electron chi connectivity index (χ3n) is 3.29. The van der Waals surface area contributed by atoms with Crippen LogP contribution in [-0.4, -0.2) is 74.2 Å². The Bertz CT molecular complexity index is 542. The number of carbonyl (C=O) groups excluding carboxylic acids is 1. The molecule has 0 atom stereocenters. The number of carbonyl (C=O) groups is 1. The van der Waals surface area contributed by atoms with Crippen molar-refractivity contribution in [2.45, 2.75) is 6.54 Å². The van der Waals surface area contributed by atoms with Crippen molar-refractivity contribution in [3.63, 3.8) is 0 Å². The van der Waals surface area contributed by atoms with Crippen LogP contribution in [0, 0.1) is 0 Å². The molecule has 0 bridgehead atoms. The fourth-order valence-electron chi connectivity index (χ4n) is 1.90. The molecule has 1 aromatic heterocycles. The minimum atomic E-state index is -0.0361. The van der Waals surface area contributed by atoms with Crippen LogP contribution in [0.25, 0.3) is 0 Å². The quantitative estimate of drug-likeness (QED) is 0.428. The molecule has 0 aliphatic rings. The van der Waals surface area contributed by atoms with Gasteiger partial charge in [-0.05, 0) is 22.0 Å². The van der Waals surface area contributed by atoms with Crippen LogP contribution in [-0.2, 0) is 23.1 Å². The molecule has 0 saturated heterocycles. The Kier molecular flexibility index (Phi) is 8.11. The highest BCUT2D eigenvalue weighted by Crippen LogP contribution is 2.14. The van der Waals surface area contributed by atoms with Gasteiger partial charge in [0, 0.05) is 58.2 Å². The summed E-state index contributed by atoms with van der Waals surface area (Å²) in [4.78, 5) is 19.7. The number of aromatic nitrogens is 1. The van der Waals surface area contributed by atoms with Crippen LogP contribution in [0.2, 0.25) is 0 Å². The summed E-state index contributed by atoms with van der Waals surface area (Å²) in [5, 5.41) is 3.22. The molecule has 1 rings (SSSR count). The molecule has 1 amide bonds. The number of ether oxygens (including phenoxy) is 1. The predicted molar refractivity (Wildman–Crippen MR) is 95.5 cm³/mol. The number of rotatable bonds is 7. The number of aliphatic imine (C=N–C) groups is 1. The maximum absolute atomic E-state index is 11.8. The summed E-state index contributed by atoms with van der Waals surface area (Å²) in [6.07, 6.45) is 2.01. The van der Waals surface area contributed by atoms with Gasteiger partial charge in [-0.3, -0.25) is 4.79 Å². The van der Waals surface area contributed by atoms with E-state index in [0.29, 0.717) is 25.7 Å². The first-order valence-corrected chi connectivity index (χ1v) is 8.13. The molecule has 1 heterocycles. The maximum atomic E-state index is 11.8. The molecule has 7 nitrogen and oxygen atoms in total. The molecular weight excluding hydrogens is 362 g/mol. The van der Waals surface area contributed by atoms with Crippen LogP contribution < -0.4 is 5.32 Å². The van der Waals surface area contributed by atoms with Gasteiger partial charge in [-0.2, -0.15) is 0 Å². The summed E-state index contributed by atoms with van der Waals surface area (Å²) >= 11 is 3.48. The molecule has 1 N–H and O–H groups in total. The van der Waals surface area contributed by atoms with Gasteiger partial charge in [-0.1, -0.05) is 0 Å². The number of aryl methyl sites for hydroxylation is 1. The van der Waals surface area contributed by atoms with Gasteiger partial charge in [-0.25, -0.2) is 4.99 Å². The van der Waals surface area contributed by atoms with Crippen LogP contribution in [0.15, 0.2) is 21.7 Å². The highest BCUT2D eigenvalue weighted by molar-refractivity contribution is 9.10. The van der Waals surface area contributed by atoms with Crippen molar-refractivity contribution in [1.82, 2.24) is 19.7 Å². The Labute approximate surface area is 146 Å². The van der Waals surface area contributed by atoms with Gasteiger partial charge in [0.05, 0.1) is 13.2 Å². The van der Waals surface area contributed by atoms with E-state index in [1.165, 1.54) is 4.90 Å². The average Bonchev–Trinajstić information content (AvgIpc) is 2.79. The second-order valence-corrected chi connectivity index (χ2v) is 6.38. The molecule has 8 heteroatoms. The Morgan fingerprint density at radius 1 is 1.43 bits per heavy atom. The van der Waals surface area contributed by atoms with Crippen molar-refractivity contribution in [2.75, 3.05) is 47.9 Å². The van der Waals surface area contributed by atoms with E-state index in [1.54, 1.807) is 21.2 Å². The van der Waals surface area contributed by atoms with E-state index >= 15 is 0 Å². The lowest BCUT2D eigenvalue weighted by atomic mass is 10.4. The van der Waals surface area contributed by atoms with Crippen LogP contribution >= 0.6 is 15.9 Å². The molecule has 0 radical (unpaired) electrons. The van der Waals surface area contributed by atoms with Crippen molar-refractivity contribution < 1.29 is 9.53 Å². The van der Waals surface area contributed by atoms with Crippen LogP contribution in [0.5, 0.6) is 0 Å². The van der Waals surface area contributed by atoms with E-state index in [0.717, 1.165) is 10.2 Å². The zero-order valence-electron chi connectivity index (χ0n) is 14.5. The first-order valence-electron chi connectivity index (χ1n) is 7.34. The van der Waals surface area contributed by atoms with Gasteiger partial charge in [0.2, 0.25) is 5.91 Å². The third kappa shape index (κ3) is 6.62. The van der Waals surface area contributed by atoms with Crippen molar-refractivity contribution in [1.29, 1.82) is 0 Å². The third-order valence-corrected chi connectivity index (χ3v) is 3.72. The minimum Gasteiger partial charge on any atom is -0.383 e. The average molecular weight is 388 g/mol. The summed E-state index contributed by atoms with van der Waals surface area (Å²) in [6.45, 7) is 2.00. The van der Waals surface area contributed by atoms with Crippen LogP contribution in [0.1, 0.15) is 5.69 Å². The highest BCUT2D eigenvalue weighted by atomic mass is 79.9. The number of methoxy groups -OCH3 is 1. The molecule has 0 aliphatic carbocycles. The normalized spacial score (nSPS) is 11.5. The van der Waals surface area contributed by atoms with Crippen LogP contribution in [0.4, 0.5) is 0 Å². The summed E-state index contributed by atoms with van der Waals surface area (Å²) < 4.78 is 8.15. The SMILES string of the molecule is COCCNC(=NCC(=O)N(C)C)N(C)Cc1cc(Br)cn1C. The van der Waals surface area contributed by atoms with E-state index in [9.17, 15) is 4.79 Å². The lowest BCUT2D eigenvalue weighted by molar-refractivity contribution is -0.127. The van der Waals surface area contributed by atoms with Gasteiger partial charge in [-0.15, -0.1) is 0 Å². The monoisotopic (exact) mass is 387 g/mol. The van der Waals surface area contributed by atoms with Crippen molar-refractivity contribution in [2.24, 2.45) is 12.0 Å². The van der Waals surface area contributed by atoms with Gasteiger partial charge >= 0.3 is 0 Å². The zero-order valence-corrected chi connectivity index (χ0v) is 16.1. The van der Waals surface area contributed by atoms with Crippen molar-refractivity contribution in [3.8, 4) is 0 Å². The molecule has 0 fully saturated rings. The second-order valence-electron chi connectivity index (χ2n) is 5.46. The topological polar surface area (TPSA) is 62.1 Å². The first-order chi connectivity index (χ1) is 10.8. The summed E-state index contributed by atoms with van der Waals surface area (Å²) in [5.74, 6) is 0.639. The Hall–Kier alpha value is -1.54. The number of guanidine groups is 1. The smallest absolute Gasteiger partial charge is 0.243 e. The van der Waals surface area contributed by atoms with E-state index in [4.69, 9.17) is 4.74 Å². The molecule has 130 valence electrons. The number of amides is 1. The Balaban J connectivity index is 2.78. The fraction of sp³-hybridized carbons (Fsp3) is 0.600. The second kappa shape index (κ2) is 9.57. The molecule has 1 aromatic rings. The summed E-state index contributed by atoms with van der Waals surface area (Å²) in [5.41, 5.74) is 1.14. The van der Waals surface area contributed by atoms with Crippen LogP contribution in [0.3, 0.4) is 0 Å². The van der Waals surface area contributed by atoms with Gasteiger partial charge in [0.1, 0.15) is 6.54 Å². The summed E-state index contributed by atoms with van der Waals surface area (Å²) in [7, 11) is 9.04. The lowest BCUT2D eigenvalue weighted by Crippen LogP contribution is -2.41. The van der Waals surface area contributed by atoms with E-state index < -0.39 is 0 Å². The number of halogens is 1. The number of likely N-dealkylation sites (N-methyl/N-ethyl adjacent to an activating group) is 1. The molecular formula is C15H26BrN5O2. The van der Waals surface area contributed by atoms with E-state index in [-0.39, 0.29) is 12.5 Å². The number of hydrogen-bond donors (Lipinski definition) is 1. The van der Waals surface area contributed by atoms with Gasteiger partial charge in [0.25, 0.3) is 0 Å². The van der Waals surface area contributed by atoms with E-state index in [1.807, 2.05) is 25.2 Å². The molecule has 0 aliphatic heterocycles. The van der Waals surface area contributed by atoms with Crippen molar-refractivity contribution in [3.05, 3.63) is 22.4 Å². The molecule has 0 spiro atoms. The van der Waals surface area contributed by atoms with Crippen molar-refractivity contribution >= 4 is 27.8 Å². The lowest BCUT2D eigenvalue weighted by Gasteiger charge is -2.23. The number of nitrogens with one attached hydrogen (secondary N) is 1. The molecule has 0 aromatic carbocycles. The zero-order chi connectivity index (χ0) is 17.4. The fourth-order valence-corrected chi connectivity index (χ4v) is 2.47. The Morgan fingerprint density at radius 3 is 2.65 bits per heavy atom.